The second-order valence-electron chi connectivity index (χ2n) is 2.97. The molecule has 1 atom stereocenters. The minimum Gasteiger partial charge on any atom is -0.340 e. The van der Waals surface area contributed by atoms with Gasteiger partial charge in [0, 0.05) is 19.5 Å². The molecule has 0 unspecified atom stereocenters. The van der Waals surface area contributed by atoms with Gasteiger partial charge in [-0.3, -0.25) is 4.79 Å². The molecule has 1 amide bonds. The summed E-state index contributed by atoms with van der Waals surface area (Å²) in [6.45, 7) is 8.83. The average Bonchev–Trinajstić information content (AvgIpc) is 1.98. The normalized spacial score (nSPS) is 12.7. The van der Waals surface area contributed by atoms with Gasteiger partial charge in [0.15, 0.2) is 0 Å². The van der Waals surface area contributed by atoms with Crippen molar-refractivity contribution >= 4 is 5.91 Å². The van der Waals surface area contributed by atoms with Gasteiger partial charge in [-0.25, -0.2) is 0 Å². The second-order valence-corrected chi connectivity index (χ2v) is 2.97. The molecule has 0 aliphatic rings. The van der Waals surface area contributed by atoms with E-state index in [2.05, 4.69) is 20.8 Å². The van der Waals surface area contributed by atoms with E-state index in [-0.39, 0.29) is 5.91 Å². The van der Waals surface area contributed by atoms with Crippen LogP contribution in [-0.2, 0) is 4.79 Å². The molecule has 0 aliphatic heterocycles. The fraction of sp³-hybridized carbons (Fsp3) is 0.889. The molecular weight excluding hydrogens is 138 g/mol. The molecular formula is C9H19NO. The minimum absolute atomic E-state index is 0.196. The van der Waals surface area contributed by atoms with Gasteiger partial charge >= 0.3 is 0 Å². The third-order valence-electron chi connectivity index (χ3n) is 1.99. The molecule has 0 saturated carbocycles. The van der Waals surface area contributed by atoms with Crippen molar-refractivity contribution in [2.45, 2.75) is 46.6 Å². The molecule has 0 bridgehead atoms. The Morgan fingerprint density at radius 3 is 2.27 bits per heavy atom. The molecule has 2 nitrogen and oxygen atoms in total. The molecule has 0 spiro atoms. The molecule has 11 heavy (non-hydrogen) atoms. The first-order chi connectivity index (χ1) is 5.13. The Morgan fingerprint density at radius 2 is 2.00 bits per heavy atom. The van der Waals surface area contributed by atoms with E-state index in [1.165, 1.54) is 0 Å². The standard InChI is InChI=1S/C9H19NO/c1-5-7-10(9(4)11)8(3)6-2/h8H,5-7H2,1-4H3/t8-/m0/s1. The van der Waals surface area contributed by atoms with Crippen LogP contribution in [0.1, 0.15) is 40.5 Å². The van der Waals surface area contributed by atoms with Crippen molar-refractivity contribution in [1.82, 2.24) is 4.90 Å². The number of nitrogens with zero attached hydrogens (tertiary/aromatic N) is 1. The summed E-state index contributed by atoms with van der Waals surface area (Å²) < 4.78 is 0. The van der Waals surface area contributed by atoms with Crippen molar-refractivity contribution in [1.29, 1.82) is 0 Å². The molecule has 0 aliphatic carbocycles. The van der Waals surface area contributed by atoms with E-state index in [1.54, 1.807) is 6.92 Å². The maximum atomic E-state index is 11.1. The molecule has 0 N–H and O–H groups in total. The molecule has 2 heteroatoms. The number of amides is 1. The largest absolute Gasteiger partial charge is 0.340 e. The second kappa shape index (κ2) is 5.16. The Hall–Kier alpha value is -0.530. The lowest BCUT2D eigenvalue weighted by Crippen LogP contribution is -2.37. The van der Waals surface area contributed by atoms with E-state index >= 15 is 0 Å². The number of carbonyl (C=O) groups is 1. The van der Waals surface area contributed by atoms with Gasteiger partial charge in [0.25, 0.3) is 0 Å². The molecule has 0 fully saturated rings. The quantitative estimate of drug-likeness (QED) is 0.611. The maximum Gasteiger partial charge on any atom is 0.219 e. The van der Waals surface area contributed by atoms with Gasteiger partial charge in [0.1, 0.15) is 0 Å². The van der Waals surface area contributed by atoms with E-state index in [9.17, 15) is 4.79 Å². The molecule has 66 valence electrons. The topological polar surface area (TPSA) is 20.3 Å². The van der Waals surface area contributed by atoms with Crippen LogP contribution in [0.25, 0.3) is 0 Å². The Balaban J connectivity index is 3.97. The van der Waals surface area contributed by atoms with Crippen LogP contribution >= 0.6 is 0 Å². The van der Waals surface area contributed by atoms with E-state index in [1.807, 2.05) is 4.90 Å². The summed E-state index contributed by atoms with van der Waals surface area (Å²) >= 11 is 0. The van der Waals surface area contributed by atoms with Crippen LogP contribution in [0.2, 0.25) is 0 Å². The number of hydrogen-bond donors (Lipinski definition) is 0. The Bertz CT molecular complexity index is 123. The first kappa shape index (κ1) is 10.5. The smallest absolute Gasteiger partial charge is 0.219 e. The molecule has 0 aromatic rings. The zero-order valence-electron chi connectivity index (χ0n) is 8.05. The van der Waals surface area contributed by atoms with Gasteiger partial charge in [-0.1, -0.05) is 13.8 Å². The summed E-state index contributed by atoms with van der Waals surface area (Å²) in [5.74, 6) is 0.196. The van der Waals surface area contributed by atoms with Crippen molar-refractivity contribution in [3.63, 3.8) is 0 Å². The summed E-state index contributed by atoms with van der Waals surface area (Å²) in [6, 6.07) is 0.396. The Labute approximate surface area is 69.6 Å². The van der Waals surface area contributed by atoms with Crippen LogP contribution in [0.3, 0.4) is 0 Å². The van der Waals surface area contributed by atoms with E-state index in [4.69, 9.17) is 0 Å². The molecule has 0 radical (unpaired) electrons. The zero-order valence-corrected chi connectivity index (χ0v) is 8.05. The lowest BCUT2D eigenvalue weighted by atomic mass is 10.2. The van der Waals surface area contributed by atoms with Crippen molar-refractivity contribution in [2.75, 3.05) is 6.54 Å². The first-order valence-corrected chi connectivity index (χ1v) is 4.40. The minimum atomic E-state index is 0.196. The monoisotopic (exact) mass is 157 g/mol. The van der Waals surface area contributed by atoms with E-state index in [0.29, 0.717) is 6.04 Å². The predicted octanol–water partition coefficient (Wildman–Crippen LogP) is 2.04. The van der Waals surface area contributed by atoms with E-state index in [0.717, 1.165) is 19.4 Å². The highest BCUT2D eigenvalue weighted by atomic mass is 16.2. The van der Waals surface area contributed by atoms with Gasteiger partial charge in [0.05, 0.1) is 0 Å². The Kier molecular flexibility index (Phi) is 4.92. The lowest BCUT2D eigenvalue weighted by Gasteiger charge is -2.26. The third-order valence-corrected chi connectivity index (χ3v) is 1.99. The van der Waals surface area contributed by atoms with Crippen LogP contribution in [0, 0.1) is 0 Å². The molecule has 0 aromatic heterocycles. The highest BCUT2D eigenvalue weighted by Gasteiger charge is 2.12. The van der Waals surface area contributed by atoms with Crippen LogP contribution < -0.4 is 0 Å². The maximum absolute atomic E-state index is 11.1. The van der Waals surface area contributed by atoms with Gasteiger partial charge in [0.2, 0.25) is 5.91 Å². The predicted molar refractivity (Wildman–Crippen MR) is 47.4 cm³/mol. The highest BCUT2D eigenvalue weighted by molar-refractivity contribution is 5.73. The summed E-state index contributed by atoms with van der Waals surface area (Å²) in [7, 11) is 0. The lowest BCUT2D eigenvalue weighted by molar-refractivity contribution is -0.130. The molecule has 0 rings (SSSR count). The van der Waals surface area contributed by atoms with Crippen molar-refractivity contribution in [3.05, 3.63) is 0 Å². The van der Waals surface area contributed by atoms with Gasteiger partial charge < -0.3 is 4.90 Å². The highest BCUT2D eigenvalue weighted by Crippen LogP contribution is 2.04. The number of carbonyl (C=O) groups excluding carboxylic acids is 1. The molecule has 0 heterocycles. The van der Waals surface area contributed by atoms with Gasteiger partial charge in [-0.2, -0.15) is 0 Å². The van der Waals surface area contributed by atoms with Crippen molar-refractivity contribution in [2.24, 2.45) is 0 Å². The van der Waals surface area contributed by atoms with E-state index < -0.39 is 0 Å². The number of hydrogen-bond acceptors (Lipinski definition) is 1. The SMILES string of the molecule is CCCN(C(C)=O)[C@@H](C)CC. The van der Waals surface area contributed by atoms with Crippen LogP contribution in [0.15, 0.2) is 0 Å². The van der Waals surface area contributed by atoms with Gasteiger partial charge in [-0.05, 0) is 19.8 Å². The fourth-order valence-corrected chi connectivity index (χ4v) is 1.15. The van der Waals surface area contributed by atoms with Crippen LogP contribution in [0.4, 0.5) is 0 Å². The summed E-state index contributed by atoms with van der Waals surface area (Å²) in [5, 5.41) is 0. The summed E-state index contributed by atoms with van der Waals surface area (Å²) in [6.07, 6.45) is 2.09. The van der Waals surface area contributed by atoms with Crippen molar-refractivity contribution in [3.8, 4) is 0 Å². The summed E-state index contributed by atoms with van der Waals surface area (Å²) in [4.78, 5) is 13.0. The molecule has 0 aromatic carbocycles. The zero-order chi connectivity index (χ0) is 8.85. The van der Waals surface area contributed by atoms with Crippen LogP contribution in [-0.4, -0.2) is 23.4 Å². The first-order valence-electron chi connectivity index (χ1n) is 4.40. The molecule has 0 saturated heterocycles. The number of rotatable bonds is 4. The van der Waals surface area contributed by atoms with Crippen molar-refractivity contribution < 1.29 is 4.79 Å². The fourth-order valence-electron chi connectivity index (χ4n) is 1.15. The van der Waals surface area contributed by atoms with Crippen LogP contribution in [0.5, 0.6) is 0 Å². The van der Waals surface area contributed by atoms with Gasteiger partial charge in [-0.15, -0.1) is 0 Å². The average molecular weight is 157 g/mol. The summed E-state index contributed by atoms with van der Waals surface area (Å²) in [5.41, 5.74) is 0. The third kappa shape index (κ3) is 3.40. The Morgan fingerprint density at radius 1 is 1.45 bits per heavy atom.